The zero-order valence-corrected chi connectivity index (χ0v) is 13.5. The Morgan fingerprint density at radius 2 is 1.64 bits per heavy atom. The normalized spacial score (nSPS) is 11.4. The molecule has 0 N–H and O–H groups in total. The summed E-state index contributed by atoms with van der Waals surface area (Å²) in [4.78, 5) is 2.33. The zero-order chi connectivity index (χ0) is 15.1. The largest absolute Gasteiger partial charge is 0.459 e. The molecule has 0 bridgehead atoms. The van der Waals surface area contributed by atoms with Gasteiger partial charge in [-0.25, -0.2) is 0 Å². The van der Waals surface area contributed by atoms with Gasteiger partial charge >= 0.3 is 0 Å². The van der Waals surface area contributed by atoms with E-state index in [1.54, 1.807) is 11.8 Å². The van der Waals surface area contributed by atoms with E-state index in [0.29, 0.717) is 0 Å². The van der Waals surface area contributed by atoms with Crippen molar-refractivity contribution in [1.82, 2.24) is 0 Å². The van der Waals surface area contributed by atoms with E-state index in [0.717, 1.165) is 32.0 Å². The van der Waals surface area contributed by atoms with Crippen molar-refractivity contribution in [2.24, 2.45) is 0 Å². The average molecular weight is 325 g/mol. The molecule has 0 spiro atoms. The van der Waals surface area contributed by atoms with Gasteiger partial charge in [0.25, 0.3) is 0 Å². The molecule has 3 heteroatoms. The lowest BCUT2D eigenvalue weighted by Gasteiger charge is -2.02. The van der Waals surface area contributed by atoms with Crippen molar-refractivity contribution >= 4 is 45.1 Å². The standard InChI is InChI=1S/C19H13ClOS/c1-12-19(22-15-9-7-14(20)8-10-15)17-11-6-13-4-2-3-5-16(13)18(17)21-12/h2-11H,1H3. The predicted molar refractivity (Wildman–Crippen MR) is 94.0 cm³/mol. The van der Waals surface area contributed by atoms with E-state index in [-0.39, 0.29) is 0 Å². The van der Waals surface area contributed by atoms with Crippen LogP contribution in [0.1, 0.15) is 5.76 Å². The van der Waals surface area contributed by atoms with Crippen LogP contribution in [0.5, 0.6) is 0 Å². The van der Waals surface area contributed by atoms with Crippen molar-refractivity contribution in [3.05, 3.63) is 71.4 Å². The van der Waals surface area contributed by atoms with Crippen molar-refractivity contribution in [3.63, 3.8) is 0 Å². The highest BCUT2D eigenvalue weighted by Crippen LogP contribution is 2.40. The van der Waals surface area contributed by atoms with Gasteiger partial charge in [0, 0.05) is 20.7 Å². The van der Waals surface area contributed by atoms with Crippen molar-refractivity contribution in [1.29, 1.82) is 0 Å². The summed E-state index contributed by atoms with van der Waals surface area (Å²) in [6.45, 7) is 2.02. The molecule has 4 aromatic rings. The van der Waals surface area contributed by atoms with Gasteiger partial charge in [-0.2, -0.15) is 0 Å². The molecule has 0 aliphatic rings. The Kier molecular flexibility index (Phi) is 3.36. The van der Waals surface area contributed by atoms with Gasteiger partial charge < -0.3 is 4.42 Å². The van der Waals surface area contributed by atoms with Crippen LogP contribution in [0.25, 0.3) is 21.7 Å². The minimum absolute atomic E-state index is 0.754. The summed E-state index contributed by atoms with van der Waals surface area (Å²) < 4.78 is 6.06. The molecule has 0 aliphatic carbocycles. The van der Waals surface area contributed by atoms with Crippen LogP contribution in [-0.2, 0) is 0 Å². The lowest BCUT2D eigenvalue weighted by molar-refractivity contribution is 0.571. The van der Waals surface area contributed by atoms with Gasteiger partial charge in [0.05, 0.1) is 4.90 Å². The third kappa shape index (κ3) is 2.29. The Morgan fingerprint density at radius 3 is 2.45 bits per heavy atom. The molecule has 0 saturated heterocycles. The minimum atomic E-state index is 0.754. The quantitative estimate of drug-likeness (QED) is 0.407. The molecule has 0 saturated carbocycles. The molecule has 0 atom stereocenters. The summed E-state index contributed by atoms with van der Waals surface area (Å²) >= 11 is 7.67. The molecule has 3 aromatic carbocycles. The Labute approximate surface area is 137 Å². The third-order valence-corrected chi connectivity index (χ3v) is 5.20. The molecular weight excluding hydrogens is 312 g/mol. The second-order valence-corrected chi connectivity index (χ2v) is 6.73. The highest BCUT2D eigenvalue weighted by molar-refractivity contribution is 7.99. The van der Waals surface area contributed by atoms with Crippen LogP contribution < -0.4 is 0 Å². The number of aryl methyl sites for hydroxylation is 1. The SMILES string of the molecule is Cc1oc2c(ccc3ccccc32)c1Sc1ccc(Cl)cc1. The smallest absolute Gasteiger partial charge is 0.143 e. The number of hydrogen-bond donors (Lipinski definition) is 0. The van der Waals surface area contributed by atoms with E-state index in [2.05, 4.69) is 24.3 Å². The molecule has 4 rings (SSSR count). The van der Waals surface area contributed by atoms with Crippen molar-refractivity contribution in [2.45, 2.75) is 16.7 Å². The van der Waals surface area contributed by atoms with Crippen molar-refractivity contribution in [3.8, 4) is 0 Å². The van der Waals surface area contributed by atoms with Crippen molar-refractivity contribution < 1.29 is 4.42 Å². The Hall–Kier alpha value is -1.90. The molecular formula is C19H13ClOS. The summed E-state index contributed by atoms with van der Waals surface area (Å²) in [6, 6.07) is 20.5. The molecule has 1 heterocycles. The van der Waals surface area contributed by atoms with Gasteiger partial charge in [-0.3, -0.25) is 0 Å². The maximum Gasteiger partial charge on any atom is 0.143 e. The van der Waals surface area contributed by atoms with Gasteiger partial charge in [-0.1, -0.05) is 53.7 Å². The number of rotatable bonds is 2. The number of fused-ring (bicyclic) bond motifs is 3. The number of furan rings is 1. The monoisotopic (exact) mass is 324 g/mol. The van der Waals surface area contributed by atoms with Crippen LogP contribution >= 0.6 is 23.4 Å². The summed E-state index contributed by atoms with van der Waals surface area (Å²) in [6.07, 6.45) is 0. The second kappa shape index (κ2) is 5.38. The summed E-state index contributed by atoms with van der Waals surface area (Å²) in [5, 5.41) is 4.28. The van der Waals surface area contributed by atoms with E-state index in [1.807, 2.05) is 43.3 Å². The van der Waals surface area contributed by atoms with Gasteiger partial charge in [-0.15, -0.1) is 0 Å². The third-order valence-electron chi connectivity index (χ3n) is 3.73. The lowest BCUT2D eigenvalue weighted by Crippen LogP contribution is -1.76. The fraction of sp³-hybridized carbons (Fsp3) is 0.0526. The molecule has 22 heavy (non-hydrogen) atoms. The van der Waals surface area contributed by atoms with Crippen LogP contribution in [0.15, 0.2) is 74.9 Å². The van der Waals surface area contributed by atoms with Crippen LogP contribution in [0.2, 0.25) is 5.02 Å². The van der Waals surface area contributed by atoms with E-state index in [9.17, 15) is 0 Å². The first kappa shape index (κ1) is 13.7. The molecule has 0 fully saturated rings. The topological polar surface area (TPSA) is 13.1 Å². The van der Waals surface area contributed by atoms with Gasteiger partial charge in [0.2, 0.25) is 0 Å². The maximum atomic E-state index is 6.06. The number of halogens is 1. The fourth-order valence-electron chi connectivity index (χ4n) is 2.67. The number of hydrogen-bond acceptors (Lipinski definition) is 2. The summed E-state index contributed by atoms with van der Waals surface area (Å²) in [5.41, 5.74) is 0.965. The van der Waals surface area contributed by atoms with Crippen LogP contribution in [0.3, 0.4) is 0 Å². The van der Waals surface area contributed by atoms with Crippen LogP contribution in [-0.4, -0.2) is 0 Å². The van der Waals surface area contributed by atoms with E-state index in [4.69, 9.17) is 16.0 Å². The van der Waals surface area contributed by atoms with Gasteiger partial charge in [0.1, 0.15) is 11.3 Å². The molecule has 1 aromatic heterocycles. The zero-order valence-electron chi connectivity index (χ0n) is 12.0. The van der Waals surface area contributed by atoms with E-state index < -0.39 is 0 Å². The highest BCUT2D eigenvalue weighted by Gasteiger charge is 2.14. The average Bonchev–Trinajstić information content (AvgIpc) is 2.86. The Morgan fingerprint density at radius 1 is 0.864 bits per heavy atom. The van der Waals surface area contributed by atoms with E-state index >= 15 is 0 Å². The molecule has 1 nitrogen and oxygen atoms in total. The first-order chi connectivity index (χ1) is 10.7. The van der Waals surface area contributed by atoms with Crippen molar-refractivity contribution in [2.75, 3.05) is 0 Å². The second-order valence-electron chi connectivity index (χ2n) is 5.21. The number of benzene rings is 3. The van der Waals surface area contributed by atoms with Gasteiger partial charge in [0.15, 0.2) is 0 Å². The molecule has 0 amide bonds. The summed E-state index contributed by atoms with van der Waals surface area (Å²) in [7, 11) is 0. The molecule has 0 radical (unpaired) electrons. The Bertz CT molecular complexity index is 970. The first-order valence-corrected chi connectivity index (χ1v) is 8.26. The van der Waals surface area contributed by atoms with Crippen LogP contribution in [0.4, 0.5) is 0 Å². The van der Waals surface area contributed by atoms with Crippen LogP contribution in [0, 0.1) is 6.92 Å². The molecule has 0 unspecified atom stereocenters. The molecule has 108 valence electrons. The maximum absolute atomic E-state index is 6.06. The van der Waals surface area contributed by atoms with E-state index in [1.165, 1.54) is 10.3 Å². The van der Waals surface area contributed by atoms with Gasteiger partial charge in [-0.05, 0) is 42.6 Å². The fourth-order valence-corrected chi connectivity index (χ4v) is 3.76. The minimum Gasteiger partial charge on any atom is -0.459 e. The summed E-state index contributed by atoms with van der Waals surface area (Å²) in [5.74, 6) is 0.950. The molecule has 0 aliphatic heterocycles. The predicted octanol–water partition coefficient (Wildman–Crippen LogP) is 6.70. The Balaban J connectivity index is 1.89. The highest BCUT2D eigenvalue weighted by atomic mass is 35.5. The first-order valence-electron chi connectivity index (χ1n) is 7.06. The lowest BCUT2D eigenvalue weighted by atomic mass is 10.1.